The number of carbonyl (C=O) groups is 2. The third-order valence-electron chi connectivity index (χ3n) is 3.89. The van der Waals surface area contributed by atoms with Crippen LogP contribution in [0.5, 0.6) is 0 Å². The van der Waals surface area contributed by atoms with Crippen molar-refractivity contribution >= 4 is 17.8 Å². The molecule has 0 aromatic carbocycles. The van der Waals surface area contributed by atoms with Crippen molar-refractivity contribution in [1.29, 1.82) is 0 Å². The molecule has 1 saturated heterocycles. The van der Waals surface area contributed by atoms with Crippen LogP contribution in [0, 0.1) is 0 Å². The molecule has 3 rings (SSSR count). The lowest BCUT2D eigenvalue weighted by Gasteiger charge is -2.34. The number of nitrogens with zero attached hydrogens (tertiary/aromatic N) is 4. The van der Waals surface area contributed by atoms with E-state index in [1.807, 2.05) is 4.90 Å². The molecule has 8 heteroatoms. The Hall–Kier alpha value is -2.90. The Labute approximate surface area is 139 Å². The summed E-state index contributed by atoms with van der Waals surface area (Å²) in [5.74, 6) is 0.973. The number of piperazine rings is 1. The van der Waals surface area contributed by atoms with Crippen molar-refractivity contribution in [1.82, 2.24) is 20.2 Å². The van der Waals surface area contributed by atoms with Gasteiger partial charge in [-0.05, 0) is 18.2 Å². The van der Waals surface area contributed by atoms with Crippen molar-refractivity contribution in [3.63, 3.8) is 0 Å². The second-order valence-electron chi connectivity index (χ2n) is 5.50. The minimum atomic E-state index is -0.280. The first-order valence-corrected chi connectivity index (χ1v) is 7.77. The first-order valence-electron chi connectivity index (χ1n) is 7.77. The number of nitrogens with one attached hydrogen (secondary N) is 1. The predicted octanol–water partition coefficient (Wildman–Crippen LogP) is 0.668. The van der Waals surface area contributed by atoms with Gasteiger partial charge >= 0.3 is 0 Å². The monoisotopic (exact) mass is 329 g/mol. The van der Waals surface area contributed by atoms with Crippen molar-refractivity contribution in [2.45, 2.75) is 13.5 Å². The number of amides is 2. The fourth-order valence-electron chi connectivity index (χ4n) is 2.52. The number of furan rings is 1. The van der Waals surface area contributed by atoms with E-state index in [4.69, 9.17) is 4.42 Å². The third kappa shape index (κ3) is 3.70. The highest BCUT2D eigenvalue weighted by molar-refractivity contribution is 5.92. The number of carbonyl (C=O) groups excluding carboxylic acids is 2. The third-order valence-corrected chi connectivity index (χ3v) is 3.89. The standard InChI is InChI=1S/C16H19N5O3/c1-12(22)20-6-8-21(9-7-20)16-17-5-4-14(19-16)15(23)18-11-13-3-2-10-24-13/h2-5,10H,6-9,11H2,1H3,(H,18,23). The maximum Gasteiger partial charge on any atom is 0.270 e. The molecule has 8 nitrogen and oxygen atoms in total. The molecule has 1 fully saturated rings. The van der Waals surface area contributed by atoms with Crippen molar-refractivity contribution in [2.24, 2.45) is 0 Å². The van der Waals surface area contributed by atoms with Crippen molar-refractivity contribution in [3.05, 3.63) is 42.1 Å². The minimum absolute atomic E-state index is 0.0709. The fourth-order valence-corrected chi connectivity index (χ4v) is 2.52. The first-order chi connectivity index (χ1) is 11.6. The van der Waals surface area contributed by atoms with E-state index in [2.05, 4.69) is 15.3 Å². The van der Waals surface area contributed by atoms with Gasteiger partial charge in [0.25, 0.3) is 5.91 Å². The maximum absolute atomic E-state index is 12.2. The number of aromatic nitrogens is 2. The highest BCUT2D eigenvalue weighted by Crippen LogP contribution is 2.11. The molecule has 0 unspecified atom stereocenters. The second kappa shape index (κ2) is 7.12. The van der Waals surface area contributed by atoms with Gasteiger partial charge in [0.2, 0.25) is 11.9 Å². The number of rotatable bonds is 4. The highest BCUT2D eigenvalue weighted by atomic mass is 16.3. The smallest absolute Gasteiger partial charge is 0.270 e. The summed E-state index contributed by atoms with van der Waals surface area (Å²) in [6.07, 6.45) is 3.13. The summed E-state index contributed by atoms with van der Waals surface area (Å²) in [6.45, 7) is 4.44. The fraction of sp³-hybridized carbons (Fsp3) is 0.375. The number of hydrogen-bond acceptors (Lipinski definition) is 6. The molecular weight excluding hydrogens is 310 g/mol. The van der Waals surface area contributed by atoms with Crippen LogP contribution < -0.4 is 10.2 Å². The van der Waals surface area contributed by atoms with Crippen LogP contribution in [0.2, 0.25) is 0 Å². The molecule has 0 spiro atoms. The van der Waals surface area contributed by atoms with E-state index in [1.54, 1.807) is 42.5 Å². The molecule has 0 saturated carbocycles. The van der Waals surface area contributed by atoms with Gasteiger partial charge in [0, 0.05) is 39.3 Å². The van der Waals surface area contributed by atoms with Crippen molar-refractivity contribution in [3.8, 4) is 0 Å². The minimum Gasteiger partial charge on any atom is -0.467 e. The molecule has 2 aromatic heterocycles. The first kappa shape index (κ1) is 16.0. The highest BCUT2D eigenvalue weighted by Gasteiger charge is 2.21. The van der Waals surface area contributed by atoms with E-state index >= 15 is 0 Å². The summed E-state index contributed by atoms with van der Waals surface area (Å²) in [7, 11) is 0. The summed E-state index contributed by atoms with van der Waals surface area (Å²) in [5, 5.41) is 2.76. The molecule has 0 aliphatic carbocycles. The van der Waals surface area contributed by atoms with Crippen LogP contribution in [0.1, 0.15) is 23.2 Å². The van der Waals surface area contributed by atoms with Gasteiger partial charge in [-0.1, -0.05) is 0 Å². The molecule has 2 amide bonds. The number of hydrogen-bond donors (Lipinski definition) is 1. The second-order valence-corrected chi connectivity index (χ2v) is 5.50. The molecule has 126 valence electrons. The quantitative estimate of drug-likeness (QED) is 0.886. The lowest BCUT2D eigenvalue weighted by atomic mass is 10.3. The van der Waals surface area contributed by atoms with Gasteiger partial charge in [-0.25, -0.2) is 9.97 Å². The van der Waals surface area contributed by atoms with Gasteiger partial charge in [-0.3, -0.25) is 9.59 Å². The Kier molecular flexibility index (Phi) is 4.74. The van der Waals surface area contributed by atoms with Crippen LogP contribution in [0.4, 0.5) is 5.95 Å². The lowest BCUT2D eigenvalue weighted by Crippen LogP contribution is -2.48. The molecule has 0 radical (unpaired) electrons. The van der Waals surface area contributed by atoms with Gasteiger partial charge in [0.05, 0.1) is 12.8 Å². The van der Waals surface area contributed by atoms with Crippen molar-refractivity contribution in [2.75, 3.05) is 31.1 Å². The molecule has 1 aliphatic rings. The van der Waals surface area contributed by atoms with Crippen LogP contribution in [-0.2, 0) is 11.3 Å². The van der Waals surface area contributed by atoms with E-state index in [-0.39, 0.29) is 11.8 Å². The molecule has 24 heavy (non-hydrogen) atoms. The van der Waals surface area contributed by atoms with E-state index in [0.717, 1.165) is 0 Å². The predicted molar refractivity (Wildman–Crippen MR) is 86.4 cm³/mol. The summed E-state index contributed by atoms with van der Waals surface area (Å²) < 4.78 is 5.18. The largest absolute Gasteiger partial charge is 0.467 e. The van der Waals surface area contributed by atoms with Gasteiger partial charge in [0.1, 0.15) is 11.5 Å². The SMILES string of the molecule is CC(=O)N1CCN(c2nccc(C(=O)NCc3ccco3)n2)CC1. The topological polar surface area (TPSA) is 91.6 Å². The Bertz CT molecular complexity index is 708. The normalized spacial score (nSPS) is 14.5. The molecule has 0 bridgehead atoms. The Morgan fingerprint density at radius 3 is 2.71 bits per heavy atom. The zero-order valence-corrected chi connectivity index (χ0v) is 13.4. The van der Waals surface area contributed by atoms with E-state index in [9.17, 15) is 9.59 Å². The van der Waals surface area contributed by atoms with Crippen LogP contribution in [0.3, 0.4) is 0 Å². The zero-order valence-electron chi connectivity index (χ0n) is 13.4. The van der Waals surface area contributed by atoms with Crippen LogP contribution in [0.25, 0.3) is 0 Å². The van der Waals surface area contributed by atoms with E-state index in [1.165, 1.54) is 0 Å². The van der Waals surface area contributed by atoms with E-state index < -0.39 is 0 Å². The van der Waals surface area contributed by atoms with Crippen LogP contribution in [0.15, 0.2) is 35.1 Å². The summed E-state index contributed by atoms with van der Waals surface area (Å²) in [4.78, 5) is 35.9. The zero-order chi connectivity index (χ0) is 16.9. The molecule has 0 atom stereocenters. The molecule has 3 heterocycles. The molecule has 1 aliphatic heterocycles. The van der Waals surface area contributed by atoms with Crippen molar-refractivity contribution < 1.29 is 14.0 Å². The average molecular weight is 329 g/mol. The molecule has 2 aromatic rings. The van der Waals surface area contributed by atoms with E-state index in [0.29, 0.717) is 50.1 Å². The summed E-state index contributed by atoms with van der Waals surface area (Å²) in [5.41, 5.74) is 0.306. The van der Waals surface area contributed by atoms with Gasteiger partial charge in [0.15, 0.2) is 0 Å². The number of anilines is 1. The molecular formula is C16H19N5O3. The Balaban J connectivity index is 1.61. The molecule has 1 N–H and O–H groups in total. The van der Waals surface area contributed by atoms with Crippen LogP contribution >= 0.6 is 0 Å². The van der Waals surface area contributed by atoms with Gasteiger partial charge in [-0.2, -0.15) is 0 Å². The maximum atomic E-state index is 12.2. The lowest BCUT2D eigenvalue weighted by molar-refractivity contribution is -0.129. The summed E-state index contributed by atoms with van der Waals surface area (Å²) >= 11 is 0. The average Bonchev–Trinajstić information content (AvgIpc) is 3.13. The van der Waals surface area contributed by atoms with Gasteiger partial charge < -0.3 is 19.5 Å². The Morgan fingerprint density at radius 1 is 1.25 bits per heavy atom. The summed E-state index contributed by atoms with van der Waals surface area (Å²) in [6, 6.07) is 5.14. The Morgan fingerprint density at radius 2 is 2.04 bits per heavy atom. The van der Waals surface area contributed by atoms with Gasteiger partial charge in [-0.15, -0.1) is 0 Å². The van der Waals surface area contributed by atoms with Crippen LogP contribution in [-0.4, -0.2) is 52.9 Å².